The van der Waals surface area contributed by atoms with Gasteiger partial charge in [-0.05, 0) is 65.9 Å². The first-order chi connectivity index (χ1) is 64.0. The van der Waals surface area contributed by atoms with Gasteiger partial charge in [0.1, 0.15) is 36.3 Å². The van der Waals surface area contributed by atoms with Crippen LogP contribution in [0, 0.1) is 53.3 Å². The Morgan fingerprint density at radius 1 is 0.426 bits per heavy atom. The zero-order chi connectivity index (χ0) is 102. The largest absolute Gasteiger partial charge is 0.480 e. The van der Waals surface area contributed by atoms with Gasteiger partial charge in [0.25, 0.3) is 23.6 Å². The highest BCUT2D eigenvalue weighted by Crippen LogP contribution is 2.37. The normalized spacial score (nSPS) is 19.1. The Kier molecular flexibility index (Phi) is 44.0. The molecule has 0 bridgehead atoms. The van der Waals surface area contributed by atoms with E-state index >= 15 is 24.0 Å². The van der Waals surface area contributed by atoms with Gasteiger partial charge in [0.15, 0.2) is 0 Å². The van der Waals surface area contributed by atoms with Crippen molar-refractivity contribution in [3.05, 3.63) is 96.1 Å². The average Bonchev–Trinajstić information content (AvgIpc) is 1.64. The molecule has 19 atom stereocenters. The number of rotatable bonds is 54. The van der Waals surface area contributed by atoms with E-state index in [0.29, 0.717) is 17.5 Å². The third-order valence-electron chi connectivity index (χ3n) is 26.7. The summed E-state index contributed by atoms with van der Waals surface area (Å²) < 4.78 is 25.9. The van der Waals surface area contributed by atoms with Crippen molar-refractivity contribution in [2.75, 3.05) is 95.4 Å². The Morgan fingerprint density at radius 3 is 1.12 bits per heavy atom. The molecule has 6 rings (SSSR count). The number of methoxy groups -OCH3 is 3. The standard InChI is InChI=1S/C98H148N14O24/c1-54(2)81(101-93(125)87(58(9)10)105(17)73(115)40-44-99-71(113)42-47-110-75(117)36-37-76(110)118)95(127)107(19)85(56(5)6)69(133-21)50-79(121)109-46-30-35-67(109)90(63(16)92(124)104-84(98(131)132)61(14)66-33-28-25-29-34-66)136-53-64-49-68(89(135-23)62(15)91(123)103-83(97(129)130)60(13)65-31-26-24-27-32-65)112(52-64)80(122)51-70(134-22)86(57(7)8)108(20)96(128)82(55(3)4)102-94(126)88(59(11)12)106(18)74(116)41-45-100-72(114)43-48-111-77(119)38-39-78(111)120/h24-29,31-34,36-39,54-64,67-70,81-90H,30,35,40-53H2,1-23H3,(H,99,113)(H,100,114)(H,101,125)(H,102,126)(H,103,123)(H,104,124)(H,129,130)(H,131,132)/t60-,61?,62+,63+,64?,67-,68-,69?,70?,81-,82-,83-,84-,85-,86-,87-,88-,89+,90+/m0/s1. The number of hydrogen-bond donors (Lipinski definition) is 8. The fraction of sp³-hybridized carbons (Fsp3) is 0.653. The molecule has 4 aliphatic heterocycles. The lowest BCUT2D eigenvalue weighted by Crippen LogP contribution is -2.60. The van der Waals surface area contributed by atoms with Crippen LogP contribution in [-0.4, -0.2) is 336 Å². The maximum absolute atomic E-state index is 15.9. The molecule has 754 valence electrons. The number of carbonyl (C=O) groups excluding carboxylic acids is 16. The zero-order valence-electron chi connectivity index (χ0n) is 83.3. The molecule has 4 heterocycles. The number of carboxylic acids is 2. The third kappa shape index (κ3) is 30.1. The first-order valence-electron chi connectivity index (χ1n) is 47.2. The number of imide groups is 2. The molecule has 2 aromatic rings. The van der Waals surface area contributed by atoms with Gasteiger partial charge in [0, 0.05) is 157 Å². The molecule has 2 saturated heterocycles. The van der Waals surface area contributed by atoms with E-state index in [4.69, 9.17) is 18.9 Å². The van der Waals surface area contributed by atoms with Crippen LogP contribution in [0.3, 0.4) is 0 Å². The number of likely N-dealkylation sites (tertiary alicyclic amines) is 2. The van der Waals surface area contributed by atoms with Crippen LogP contribution in [0.1, 0.15) is 192 Å². The number of ether oxygens (including phenoxy) is 4. The van der Waals surface area contributed by atoms with Gasteiger partial charge in [-0.1, -0.05) is 171 Å². The first-order valence-corrected chi connectivity index (χ1v) is 47.2. The van der Waals surface area contributed by atoms with E-state index < -0.39 is 263 Å². The van der Waals surface area contributed by atoms with Crippen molar-refractivity contribution < 1.29 is 115 Å². The van der Waals surface area contributed by atoms with E-state index in [1.54, 1.807) is 156 Å². The molecule has 0 spiro atoms. The summed E-state index contributed by atoms with van der Waals surface area (Å²) in [5.41, 5.74) is 1.25. The Balaban J connectivity index is 1.31. The average molecular weight is 1910 g/mol. The van der Waals surface area contributed by atoms with Crippen LogP contribution >= 0.6 is 0 Å². The minimum Gasteiger partial charge on any atom is -0.480 e. The van der Waals surface area contributed by atoms with Crippen molar-refractivity contribution >= 4 is 106 Å². The number of carboxylic acid groups (broad SMARTS) is 2. The van der Waals surface area contributed by atoms with E-state index in [0.717, 1.165) is 34.1 Å². The predicted molar refractivity (Wildman–Crippen MR) is 502 cm³/mol. The molecule has 0 saturated carbocycles. The van der Waals surface area contributed by atoms with Gasteiger partial charge in [-0.3, -0.25) is 86.5 Å². The first kappa shape index (κ1) is 113. The van der Waals surface area contributed by atoms with Crippen LogP contribution in [0.15, 0.2) is 85.0 Å². The summed E-state index contributed by atoms with van der Waals surface area (Å²) in [7, 11) is 10.1. The molecule has 2 fully saturated rings. The Labute approximate surface area is 799 Å². The highest BCUT2D eigenvalue weighted by molar-refractivity contribution is 6.14. The second-order valence-corrected chi connectivity index (χ2v) is 38.3. The molecule has 136 heavy (non-hydrogen) atoms. The number of amides is 16. The zero-order valence-corrected chi connectivity index (χ0v) is 83.3. The fourth-order valence-corrected chi connectivity index (χ4v) is 19.0. The molecular formula is C98H148N14O24. The lowest BCUT2D eigenvalue weighted by molar-refractivity contribution is -0.150. The molecule has 38 nitrogen and oxygen atoms in total. The van der Waals surface area contributed by atoms with Crippen molar-refractivity contribution in [3.63, 3.8) is 0 Å². The molecule has 0 aliphatic carbocycles. The summed E-state index contributed by atoms with van der Waals surface area (Å²) in [5.74, 6) is -19.2. The molecule has 2 aromatic carbocycles. The van der Waals surface area contributed by atoms with Gasteiger partial charge in [-0.2, -0.15) is 0 Å². The van der Waals surface area contributed by atoms with E-state index in [2.05, 4.69) is 31.9 Å². The van der Waals surface area contributed by atoms with Gasteiger partial charge in [0.2, 0.25) is 70.9 Å². The molecule has 0 radical (unpaired) electrons. The second kappa shape index (κ2) is 52.8. The quantitative estimate of drug-likeness (QED) is 0.0428. The fourth-order valence-electron chi connectivity index (χ4n) is 19.0. The van der Waals surface area contributed by atoms with Crippen molar-refractivity contribution in [2.24, 2.45) is 53.3 Å². The molecule has 16 amide bonds. The Morgan fingerprint density at radius 2 is 0.787 bits per heavy atom. The van der Waals surface area contributed by atoms with Crippen LogP contribution < -0.4 is 31.9 Å². The number of benzene rings is 2. The molecule has 0 aromatic heterocycles. The highest BCUT2D eigenvalue weighted by Gasteiger charge is 2.50. The Hall–Kier alpha value is -11.4. The van der Waals surface area contributed by atoms with Crippen LogP contribution in [0.25, 0.3) is 0 Å². The van der Waals surface area contributed by atoms with Gasteiger partial charge in [0.05, 0.1) is 79.9 Å². The van der Waals surface area contributed by atoms with E-state index in [-0.39, 0.29) is 90.8 Å². The molecule has 4 aliphatic rings. The van der Waals surface area contributed by atoms with Crippen molar-refractivity contribution in [1.29, 1.82) is 0 Å². The van der Waals surface area contributed by atoms with E-state index in [1.807, 2.05) is 27.7 Å². The third-order valence-corrected chi connectivity index (χ3v) is 26.7. The monoisotopic (exact) mass is 1910 g/mol. The molecule has 8 N–H and O–H groups in total. The highest BCUT2D eigenvalue weighted by atomic mass is 16.5. The van der Waals surface area contributed by atoms with Crippen LogP contribution in [-0.2, 0) is 105 Å². The topological polar surface area (TPSA) is 483 Å². The number of aliphatic carboxylic acids is 2. The maximum Gasteiger partial charge on any atom is 0.326 e. The van der Waals surface area contributed by atoms with Crippen LogP contribution in [0.5, 0.6) is 0 Å². The van der Waals surface area contributed by atoms with Crippen molar-refractivity contribution in [3.8, 4) is 0 Å². The van der Waals surface area contributed by atoms with Gasteiger partial charge >= 0.3 is 11.9 Å². The Bertz CT molecular complexity index is 4530. The summed E-state index contributed by atoms with van der Waals surface area (Å²) in [6.07, 6.45) is -0.927. The number of carbonyl (C=O) groups is 18. The van der Waals surface area contributed by atoms with Crippen molar-refractivity contribution in [1.82, 2.24) is 71.1 Å². The van der Waals surface area contributed by atoms with Crippen LogP contribution in [0.4, 0.5) is 0 Å². The minimum atomic E-state index is -1.47. The lowest BCUT2D eigenvalue weighted by atomic mass is 9.89. The number of likely N-dealkylation sites (N-methyl/N-ethyl adjacent to an activating group) is 4. The number of nitrogens with zero attached hydrogens (tertiary/aromatic N) is 8. The molecule has 38 heteroatoms. The smallest absolute Gasteiger partial charge is 0.326 e. The summed E-state index contributed by atoms with van der Waals surface area (Å²) in [6.45, 7) is 26.9. The SMILES string of the molecule is COC(CC(=O)N1CC(CO[C@H]([C@@H](C)C(=O)N[C@H](C(=O)O)C(C)c2ccccc2)[C@@H]2CCCN2C(=O)CC(OC)[C@H](C(C)C)N(C)C(=O)[C@@H](NC(=O)[C@H](C(C)C)N(C)C(=O)CCNC(=O)CCN2C(=O)C=CC2=O)C(C)C)C[C@H]1[C@H](OC)[C@@H](C)C(=O)N[C@H](C(=O)O)[C@@H](C)c1ccccc1)[C@H](C(C)C)N(C)C(=O)[C@@H](NC(=O)[C@H](C(C)C)N(C)C(=O)CCNC(=O)CCN1C(=O)C=CC1=O)C(C)C. The van der Waals surface area contributed by atoms with Gasteiger partial charge < -0.3 is 90.5 Å². The second-order valence-electron chi connectivity index (χ2n) is 38.3. The predicted octanol–water partition coefficient (Wildman–Crippen LogP) is 4.28. The summed E-state index contributed by atoms with van der Waals surface area (Å²) in [6, 6.07) is 6.38. The minimum absolute atomic E-state index is 0.0501. The molecule has 4 unspecified atom stereocenters. The van der Waals surface area contributed by atoms with Crippen LogP contribution in [0.2, 0.25) is 0 Å². The summed E-state index contributed by atoms with van der Waals surface area (Å²) in [4.78, 5) is 259. The lowest BCUT2D eigenvalue weighted by Gasteiger charge is -2.40. The van der Waals surface area contributed by atoms with E-state index in [9.17, 15) is 72.5 Å². The maximum atomic E-state index is 15.9. The molecular weight excluding hydrogens is 1760 g/mol. The van der Waals surface area contributed by atoms with Crippen molar-refractivity contribution in [2.45, 2.75) is 265 Å². The summed E-state index contributed by atoms with van der Waals surface area (Å²) in [5, 5.41) is 38.2. The van der Waals surface area contributed by atoms with Gasteiger partial charge in [-0.15, -0.1) is 0 Å². The summed E-state index contributed by atoms with van der Waals surface area (Å²) >= 11 is 0. The number of hydrogen-bond acceptors (Lipinski definition) is 22. The van der Waals surface area contributed by atoms with E-state index in [1.165, 1.54) is 67.0 Å². The van der Waals surface area contributed by atoms with Gasteiger partial charge in [-0.25, -0.2) is 9.59 Å². The number of nitrogens with one attached hydrogen (secondary N) is 6.